The van der Waals surface area contributed by atoms with E-state index in [9.17, 15) is 0 Å². The van der Waals surface area contributed by atoms with Crippen molar-refractivity contribution in [1.82, 2.24) is 4.98 Å². The number of rotatable bonds is 3. The lowest BCUT2D eigenvalue weighted by Gasteiger charge is -2.02. The summed E-state index contributed by atoms with van der Waals surface area (Å²) in [5.41, 5.74) is 1.84. The topological polar surface area (TPSA) is 26.0 Å². The van der Waals surface area contributed by atoms with Crippen molar-refractivity contribution in [3.8, 4) is 0 Å². The fourth-order valence-electron chi connectivity index (χ4n) is 1.34. The first kappa shape index (κ1) is 9.59. The third-order valence-corrected chi connectivity index (χ3v) is 3.17. The quantitative estimate of drug-likeness (QED) is 0.773. The predicted molar refractivity (Wildman–Crippen MR) is 60.7 cm³/mol. The van der Waals surface area contributed by atoms with E-state index in [1.54, 1.807) is 0 Å². The van der Waals surface area contributed by atoms with Crippen LogP contribution in [-0.2, 0) is 6.42 Å². The average Bonchev–Trinajstić information content (AvgIpc) is 2.59. The summed E-state index contributed by atoms with van der Waals surface area (Å²) in [5.74, 6) is 0.841. The molecule has 1 aromatic heterocycles. The number of para-hydroxylation sites is 2. The molecule has 2 rings (SSSR count). The number of thioether (sulfide) groups is 1. The molecule has 2 aromatic rings. The Balaban J connectivity index is 2.27. The summed E-state index contributed by atoms with van der Waals surface area (Å²) >= 11 is 1.83. The Morgan fingerprint density at radius 1 is 1.43 bits per heavy atom. The smallest absolute Gasteiger partial charge is 0.196 e. The average molecular weight is 207 g/mol. The Morgan fingerprint density at radius 3 is 2.93 bits per heavy atom. The van der Waals surface area contributed by atoms with Gasteiger partial charge in [0.05, 0.1) is 0 Å². The molecule has 0 saturated carbocycles. The molecule has 1 unspecified atom stereocenters. The molecule has 14 heavy (non-hydrogen) atoms. The molecule has 1 heterocycles. The Bertz CT molecular complexity index is 391. The molecule has 3 heteroatoms. The van der Waals surface area contributed by atoms with Crippen molar-refractivity contribution in [2.24, 2.45) is 0 Å². The molecule has 0 fully saturated rings. The van der Waals surface area contributed by atoms with E-state index in [4.69, 9.17) is 4.42 Å². The first-order valence-electron chi connectivity index (χ1n) is 4.67. The van der Waals surface area contributed by atoms with Gasteiger partial charge in [0.1, 0.15) is 5.52 Å². The van der Waals surface area contributed by atoms with Crippen molar-refractivity contribution in [2.45, 2.75) is 18.6 Å². The van der Waals surface area contributed by atoms with Gasteiger partial charge in [0.2, 0.25) is 0 Å². The zero-order valence-electron chi connectivity index (χ0n) is 8.36. The molecule has 0 bridgehead atoms. The van der Waals surface area contributed by atoms with Crippen molar-refractivity contribution >= 4 is 22.9 Å². The minimum absolute atomic E-state index is 0.558. The van der Waals surface area contributed by atoms with Crippen LogP contribution in [0.2, 0.25) is 0 Å². The minimum atomic E-state index is 0.558. The van der Waals surface area contributed by atoms with Gasteiger partial charge in [-0.15, -0.1) is 0 Å². The summed E-state index contributed by atoms with van der Waals surface area (Å²) in [6.45, 7) is 2.18. The van der Waals surface area contributed by atoms with Crippen LogP contribution < -0.4 is 0 Å². The van der Waals surface area contributed by atoms with E-state index in [0.717, 1.165) is 23.4 Å². The maximum Gasteiger partial charge on any atom is 0.196 e. The largest absolute Gasteiger partial charge is 0.441 e. The van der Waals surface area contributed by atoms with E-state index >= 15 is 0 Å². The van der Waals surface area contributed by atoms with E-state index in [-0.39, 0.29) is 0 Å². The molecule has 1 aromatic carbocycles. The number of oxazole rings is 1. The second-order valence-electron chi connectivity index (χ2n) is 3.33. The Morgan fingerprint density at radius 2 is 2.21 bits per heavy atom. The fourth-order valence-corrected chi connectivity index (χ4v) is 1.65. The van der Waals surface area contributed by atoms with Gasteiger partial charge in [-0.1, -0.05) is 19.1 Å². The molecule has 0 radical (unpaired) electrons. The summed E-state index contributed by atoms with van der Waals surface area (Å²) in [6.07, 6.45) is 3.00. The first-order valence-corrected chi connectivity index (χ1v) is 5.95. The molecule has 2 nitrogen and oxygen atoms in total. The van der Waals surface area contributed by atoms with Crippen LogP contribution in [0, 0.1) is 0 Å². The van der Waals surface area contributed by atoms with Gasteiger partial charge < -0.3 is 4.42 Å². The van der Waals surface area contributed by atoms with Gasteiger partial charge in [-0.25, -0.2) is 4.98 Å². The summed E-state index contributed by atoms with van der Waals surface area (Å²) in [6, 6.07) is 7.88. The van der Waals surface area contributed by atoms with E-state index in [2.05, 4.69) is 18.2 Å². The van der Waals surface area contributed by atoms with Crippen LogP contribution >= 0.6 is 11.8 Å². The molecule has 0 saturated heterocycles. The second kappa shape index (κ2) is 4.05. The Labute approximate surface area is 87.7 Å². The molecule has 0 aliphatic rings. The monoisotopic (exact) mass is 207 g/mol. The highest BCUT2D eigenvalue weighted by molar-refractivity contribution is 7.99. The number of nitrogens with zero attached hydrogens (tertiary/aromatic N) is 1. The Hall–Kier alpha value is -0.960. The highest BCUT2D eigenvalue weighted by Gasteiger charge is 2.08. The number of benzene rings is 1. The summed E-state index contributed by atoms with van der Waals surface area (Å²) in [5, 5.41) is 0.558. The van der Waals surface area contributed by atoms with Crippen molar-refractivity contribution in [3.05, 3.63) is 30.2 Å². The fraction of sp³-hybridized carbons (Fsp3) is 0.364. The lowest BCUT2D eigenvalue weighted by atomic mass is 10.3. The van der Waals surface area contributed by atoms with Crippen LogP contribution in [0.15, 0.2) is 28.7 Å². The van der Waals surface area contributed by atoms with Crippen LogP contribution in [-0.4, -0.2) is 16.5 Å². The molecular formula is C11H13NOS. The third-order valence-electron chi connectivity index (χ3n) is 2.20. The predicted octanol–water partition coefficient (Wildman–Crippen LogP) is 3.12. The standard InChI is InChI=1S/C11H13NOS/c1-8(14-2)7-11-12-9-5-3-4-6-10(9)13-11/h3-6,8H,7H2,1-2H3. The molecule has 0 amide bonds. The van der Waals surface area contributed by atoms with Crippen molar-refractivity contribution in [2.75, 3.05) is 6.26 Å². The van der Waals surface area contributed by atoms with Gasteiger partial charge in [-0.05, 0) is 18.4 Å². The van der Waals surface area contributed by atoms with Crippen LogP contribution in [0.25, 0.3) is 11.1 Å². The first-order chi connectivity index (χ1) is 6.79. The maximum absolute atomic E-state index is 5.62. The zero-order chi connectivity index (χ0) is 9.97. The van der Waals surface area contributed by atoms with Crippen molar-refractivity contribution in [3.63, 3.8) is 0 Å². The molecule has 0 aliphatic carbocycles. The summed E-state index contributed by atoms with van der Waals surface area (Å²) in [4.78, 5) is 4.42. The molecular weight excluding hydrogens is 194 g/mol. The van der Waals surface area contributed by atoms with Gasteiger partial charge in [-0.3, -0.25) is 0 Å². The van der Waals surface area contributed by atoms with Crippen LogP contribution in [0.4, 0.5) is 0 Å². The number of fused-ring (bicyclic) bond motifs is 1. The normalized spacial score (nSPS) is 13.3. The van der Waals surface area contributed by atoms with Crippen LogP contribution in [0.3, 0.4) is 0 Å². The lowest BCUT2D eigenvalue weighted by molar-refractivity contribution is 0.528. The second-order valence-corrected chi connectivity index (χ2v) is 4.60. The summed E-state index contributed by atoms with van der Waals surface area (Å²) in [7, 11) is 0. The van der Waals surface area contributed by atoms with Gasteiger partial charge in [-0.2, -0.15) is 11.8 Å². The number of hydrogen-bond donors (Lipinski definition) is 0. The van der Waals surface area contributed by atoms with Crippen molar-refractivity contribution in [1.29, 1.82) is 0 Å². The SMILES string of the molecule is CSC(C)Cc1nc2ccccc2o1. The lowest BCUT2D eigenvalue weighted by Crippen LogP contribution is -2.00. The number of hydrogen-bond acceptors (Lipinski definition) is 3. The third kappa shape index (κ3) is 1.93. The number of aromatic nitrogens is 1. The van der Waals surface area contributed by atoms with E-state index in [1.807, 2.05) is 36.0 Å². The maximum atomic E-state index is 5.62. The highest BCUT2D eigenvalue weighted by atomic mass is 32.2. The zero-order valence-corrected chi connectivity index (χ0v) is 9.17. The van der Waals surface area contributed by atoms with E-state index < -0.39 is 0 Å². The van der Waals surface area contributed by atoms with Crippen LogP contribution in [0.5, 0.6) is 0 Å². The van der Waals surface area contributed by atoms with Gasteiger partial charge in [0, 0.05) is 11.7 Å². The molecule has 74 valence electrons. The van der Waals surface area contributed by atoms with E-state index in [1.165, 1.54) is 0 Å². The van der Waals surface area contributed by atoms with Gasteiger partial charge in [0.15, 0.2) is 11.5 Å². The van der Waals surface area contributed by atoms with E-state index in [0.29, 0.717) is 5.25 Å². The van der Waals surface area contributed by atoms with Gasteiger partial charge >= 0.3 is 0 Å². The van der Waals surface area contributed by atoms with Crippen LogP contribution in [0.1, 0.15) is 12.8 Å². The summed E-state index contributed by atoms with van der Waals surface area (Å²) < 4.78 is 5.62. The molecule has 0 N–H and O–H groups in total. The van der Waals surface area contributed by atoms with Gasteiger partial charge in [0.25, 0.3) is 0 Å². The molecule has 0 spiro atoms. The van der Waals surface area contributed by atoms with Crippen molar-refractivity contribution < 1.29 is 4.42 Å². The molecule has 0 aliphatic heterocycles. The highest BCUT2D eigenvalue weighted by Crippen LogP contribution is 2.18. The minimum Gasteiger partial charge on any atom is -0.441 e. The Kier molecular flexibility index (Phi) is 2.77. The molecule has 1 atom stereocenters.